The molecule has 0 fully saturated rings. The van der Waals surface area contributed by atoms with Gasteiger partial charge in [0.15, 0.2) is 0 Å². The average Bonchev–Trinajstić information content (AvgIpc) is 1.61. The van der Waals surface area contributed by atoms with Crippen LogP contribution >= 0.6 is 0 Å². The van der Waals surface area contributed by atoms with E-state index in [-0.39, 0.29) is 13.3 Å². The van der Waals surface area contributed by atoms with E-state index >= 15 is 0 Å². The molecule has 0 unspecified atom stereocenters. The van der Waals surface area contributed by atoms with Crippen molar-refractivity contribution in [3.8, 4) is 0 Å². The zero-order valence-electron chi connectivity index (χ0n) is 3.68. The zero-order valence-corrected chi connectivity index (χ0v) is 3.68. The number of hydrogen-bond acceptors (Lipinski definition) is 4. The molecule has 42 valence electrons. The average molecular weight is 104 g/mol. The Morgan fingerprint density at radius 1 is 1.86 bits per heavy atom. The van der Waals surface area contributed by atoms with Gasteiger partial charge in [0.05, 0.1) is 12.7 Å². The number of carbonyl (C=O) groups is 1. The molecular weight excluding hydrogens is 98.0 g/mol. The highest BCUT2D eigenvalue weighted by atomic mass is 16.4. The molecule has 0 rings (SSSR count). The van der Waals surface area contributed by atoms with Crippen molar-refractivity contribution in [2.24, 2.45) is 0 Å². The number of aliphatic carboxylic acids is 1. The van der Waals surface area contributed by atoms with Gasteiger partial charge in [-0.1, -0.05) is 0 Å². The molecule has 2 N–H and O–H groups in total. The summed E-state index contributed by atoms with van der Waals surface area (Å²) in [6, 6.07) is 0. The SMILES string of the molecule is O=C([O-])CNCO. The summed E-state index contributed by atoms with van der Waals surface area (Å²) >= 11 is 0. The maximum Gasteiger partial charge on any atom is 0.0934 e. The Bertz CT molecular complexity index is 63.2. The molecule has 0 saturated carbocycles. The van der Waals surface area contributed by atoms with E-state index in [0.717, 1.165) is 0 Å². The Hall–Kier alpha value is -0.610. The van der Waals surface area contributed by atoms with Crippen LogP contribution in [0.15, 0.2) is 0 Å². The minimum Gasteiger partial charge on any atom is -0.549 e. The van der Waals surface area contributed by atoms with Crippen LogP contribution in [0.2, 0.25) is 0 Å². The molecular formula is C3H6NO3-. The van der Waals surface area contributed by atoms with Crippen LogP contribution < -0.4 is 10.4 Å². The molecule has 4 nitrogen and oxygen atoms in total. The first-order valence-electron chi connectivity index (χ1n) is 1.79. The maximum atomic E-state index is 9.47. The summed E-state index contributed by atoms with van der Waals surface area (Å²) in [5, 5.41) is 19.5. The second-order valence-electron chi connectivity index (χ2n) is 0.957. The third-order valence-electron chi connectivity index (χ3n) is 0.381. The van der Waals surface area contributed by atoms with Gasteiger partial charge in [-0.15, -0.1) is 0 Å². The minimum atomic E-state index is -1.21. The lowest BCUT2D eigenvalue weighted by atomic mass is 10.7. The van der Waals surface area contributed by atoms with E-state index in [1.807, 2.05) is 0 Å². The first-order valence-corrected chi connectivity index (χ1v) is 1.79. The summed E-state index contributed by atoms with van der Waals surface area (Å²) in [4.78, 5) is 9.47. The van der Waals surface area contributed by atoms with Gasteiger partial charge in [0.25, 0.3) is 0 Å². The third-order valence-corrected chi connectivity index (χ3v) is 0.381. The zero-order chi connectivity index (χ0) is 5.70. The second kappa shape index (κ2) is 3.58. The largest absolute Gasteiger partial charge is 0.549 e. The number of rotatable bonds is 3. The quantitative estimate of drug-likeness (QED) is 0.381. The van der Waals surface area contributed by atoms with Crippen molar-refractivity contribution in [3.05, 3.63) is 0 Å². The number of carboxylic acid groups (broad SMARTS) is 1. The standard InChI is InChI=1S/C3H7NO3/c5-2-4-1-3(6)7/h4-5H,1-2H2,(H,6,7)/p-1. The van der Waals surface area contributed by atoms with Gasteiger partial charge >= 0.3 is 0 Å². The van der Waals surface area contributed by atoms with Crippen LogP contribution in [0.1, 0.15) is 0 Å². The Morgan fingerprint density at radius 3 is 2.57 bits per heavy atom. The van der Waals surface area contributed by atoms with Crippen LogP contribution in [0.4, 0.5) is 0 Å². The van der Waals surface area contributed by atoms with Crippen molar-refractivity contribution in [1.29, 1.82) is 0 Å². The summed E-state index contributed by atoms with van der Waals surface area (Å²) in [5.41, 5.74) is 0. The minimum absolute atomic E-state index is 0.295. The van der Waals surface area contributed by atoms with E-state index < -0.39 is 5.97 Å². The van der Waals surface area contributed by atoms with Gasteiger partial charge in [0, 0.05) is 6.54 Å². The number of aliphatic hydroxyl groups is 1. The summed E-state index contributed by atoms with van der Waals surface area (Å²) in [7, 11) is 0. The van der Waals surface area contributed by atoms with E-state index in [1.54, 1.807) is 0 Å². The third kappa shape index (κ3) is 5.39. The molecule has 0 aromatic carbocycles. The van der Waals surface area contributed by atoms with Crippen molar-refractivity contribution < 1.29 is 15.0 Å². The molecule has 0 amide bonds. The normalized spacial score (nSPS) is 8.71. The van der Waals surface area contributed by atoms with Crippen molar-refractivity contribution in [2.45, 2.75) is 0 Å². The molecule has 0 bridgehead atoms. The number of nitrogens with one attached hydrogen (secondary N) is 1. The second-order valence-corrected chi connectivity index (χ2v) is 0.957. The fraction of sp³-hybridized carbons (Fsp3) is 0.667. The van der Waals surface area contributed by atoms with E-state index in [1.165, 1.54) is 0 Å². The Morgan fingerprint density at radius 2 is 2.43 bits per heavy atom. The van der Waals surface area contributed by atoms with Gasteiger partial charge in [-0.3, -0.25) is 5.32 Å². The lowest BCUT2D eigenvalue weighted by Crippen LogP contribution is -2.34. The van der Waals surface area contributed by atoms with E-state index in [2.05, 4.69) is 5.32 Å². The lowest BCUT2D eigenvalue weighted by Gasteiger charge is -1.98. The number of aliphatic hydroxyl groups excluding tert-OH is 1. The molecule has 0 heterocycles. The summed E-state index contributed by atoms with van der Waals surface area (Å²) < 4.78 is 0. The molecule has 4 heteroatoms. The molecule has 0 aliphatic carbocycles. The highest BCUT2D eigenvalue weighted by Gasteiger charge is 1.78. The Kier molecular flexibility index (Phi) is 3.26. The summed E-state index contributed by atoms with van der Waals surface area (Å²) in [5.74, 6) is -1.21. The van der Waals surface area contributed by atoms with Crippen LogP contribution in [0.25, 0.3) is 0 Å². The smallest absolute Gasteiger partial charge is 0.0934 e. The molecule has 0 saturated heterocycles. The van der Waals surface area contributed by atoms with Crippen LogP contribution in [0, 0.1) is 0 Å². The Labute approximate surface area is 40.8 Å². The van der Waals surface area contributed by atoms with E-state index in [0.29, 0.717) is 0 Å². The molecule has 0 radical (unpaired) electrons. The van der Waals surface area contributed by atoms with Gasteiger partial charge in [-0.2, -0.15) is 0 Å². The van der Waals surface area contributed by atoms with Gasteiger partial charge < -0.3 is 15.0 Å². The van der Waals surface area contributed by atoms with Crippen molar-refractivity contribution in [3.63, 3.8) is 0 Å². The number of hydrogen-bond donors (Lipinski definition) is 2. The van der Waals surface area contributed by atoms with Gasteiger partial charge in [-0.25, -0.2) is 0 Å². The monoisotopic (exact) mass is 104 g/mol. The summed E-state index contributed by atoms with van der Waals surface area (Å²) in [6.07, 6.45) is 0. The van der Waals surface area contributed by atoms with Crippen molar-refractivity contribution in [2.75, 3.05) is 13.3 Å². The predicted molar refractivity (Wildman–Crippen MR) is 20.1 cm³/mol. The molecule has 0 atom stereocenters. The van der Waals surface area contributed by atoms with Gasteiger partial charge in [-0.05, 0) is 0 Å². The van der Waals surface area contributed by atoms with Crippen molar-refractivity contribution >= 4 is 5.97 Å². The van der Waals surface area contributed by atoms with Crippen LogP contribution in [0.5, 0.6) is 0 Å². The van der Waals surface area contributed by atoms with Crippen LogP contribution in [0.3, 0.4) is 0 Å². The molecule has 0 aliphatic heterocycles. The van der Waals surface area contributed by atoms with E-state index in [4.69, 9.17) is 5.11 Å². The Balaban J connectivity index is 2.82. The van der Waals surface area contributed by atoms with Gasteiger partial charge in [0.2, 0.25) is 0 Å². The van der Waals surface area contributed by atoms with Crippen molar-refractivity contribution in [1.82, 2.24) is 5.32 Å². The fourth-order valence-electron chi connectivity index (χ4n) is 0.158. The maximum absolute atomic E-state index is 9.47. The first-order chi connectivity index (χ1) is 3.27. The number of carbonyl (C=O) groups excluding carboxylic acids is 1. The lowest BCUT2D eigenvalue weighted by molar-refractivity contribution is -0.304. The molecule has 0 aromatic heterocycles. The summed E-state index contributed by atoms with van der Waals surface area (Å²) in [6.45, 7) is -0.621. The number of carboxylic acids is 1. The molecule has 7 heavy (non-hydrogen) atoms. The molecule has 0 spiro atoms. The topological polar surface area (TPSA) is 72.4 Å². The predicted octanol–water partition coefficient (Wildman–Crippen LogP) is -2.72. The van der Waals surface area contributed by atoms with Crippen LogP contribution in [-0.4, -0.2) is 24.4 Å². The highest BCUT2D eigenvalue weighted by Crippen LogP contribution is 1.48. The van der Waals surface area contributed by atoms with Gasteiger partial charge in [0.1, 0.15) is 0 Å². The highest BCUT2D eigenvalue weighted by molar-refractivity contribution is 5.66. The first kappa shape index (κ1) is 6.39. The molecule has 0 aliphatic rings. The molecule has 0 aromatic rings. The van der Waals surface area contributed by atoms with E-state index in [9.17, 15) is 9.90 Å². The van der Waals surface area contributed by atoms with Crippen LogP contribution in [-0.2, 0) is 4.79 Å². The fourth-order valence-corrected chi connectivity index (χ4v) is 0.158.